The lowest BCUT2D eigenvalue weighted by molar-refractivity contribution is 0.167. The molecule has 4 fully saturated rings. The van der Waals surface area contributed by atoms with Gasteiger partial charge in [-0.05, 0) is 62.9 Å². The van der Waals surface area contributed by atoms with Crippen molar-refractivity contribution >= 4 is 11.0 Å². The molecule has 148 valence electrons. The maximum absolute atomic E-state index is 12.9. The van der Waals surface area contributed by atoms with Crippen LogP contribution in [0.3, 0.4) is 0 Å². The third-order valence-corrected chi connectivity index (χ3v) is 7.11. The molecule has 1 aromatic carbocycles. The monoisotopic (exact) mass is 386 g/mol. The molecular weight excluding hydrogens is 360 g/mol. The number of nitriles is 1. The van der Waals surface area contributed by atoms with Crippen molar-refractivity contribution in [1.29, 1.82) is 5.26 Å². The molecule has 3 saturated carbocycles. The van der Waals surface area contributed by atoms with Gasteiger partial charge in [0.25, 0.3) is 5.56 Å². The van der Waals surface area contributed by atoms with E-state index < -0.39 is 0 Å². The number of allylic oxidation sites excluding steroid dienone is 2. The van der Waals surface area contributed by atoms with Crippen LogP contribution in [0.15, 0.2) is 53.0 Å². The van der Waals surface area contributed by atoms with Crippen molar-refractivity contribution < 1.29 is 0 Å². The minimum atomic E-state index is -0.282. The van der Waals surface area contributed by atoms with Crippen molar-refractivity contribution in [2.45, 2.75) is 51.1 Å². The summed E-state index contributed by atoms with van der Waals surface area (Å²) in [4.78, 5) is 19.7. The number of benzene rings is 1. The molecule has 5 nitrogen and oxygen atoms in total. The Morgan fingerprint density at radius 2 is 2.14 bits per heavy atom. The van der Waals surface area contributed by atoms with E-state index >= 15 is 0 Å². The average Bonchev–Trinajstić information content (AvgIpc) is 2.70. The molecule has 2 aromatic rings. The quantitative estimate of drug-likeness (QED) is 0.740. The highest BCUT2D eigenvalue weighted by atomic mass is 16.1. The predicted octanol–water partition coefficient (Wildman–Crippen LogP) is 4.16. The smallest absolute Gasteiger partial charge is 0.288 e. The van der Waals surface area contributed by atoms with Gasteiger partial charge in [0.1, 0.15) is 6.07 Å². The van der Waals surface area contributed by atoms with E-state index in [1.807, 2.05) is 30.3 Å². The highest BCUT2D eigenvalue weighted by Gasteiger charge is 2.51. The second kappa shape index (κ2) is 6.88. The van der Waals surface area contributed by atoms with Crippen LogP contribution in [0, 0.1) is 23.2 Å². The van der Waals surface area contributed by atoms with Crippen molar-refractivity contribution in [2.75, 3.05) is 6.54 Å². The highest BCUT2D eigenvalue weighted by molar-refractivity contribution is 5.75. The minimum Gasteiger partial charge on any atom is -0.374 e. The van der Waals surface area contributed by atoms with Crippen molar-refractivity contribution in [1.82, 2.24) is 14.5 Å². The summed E-state index contributed by atoms with van der Waals surface area (Å²) < 4.78 is 1.78. The molecule has 0 spiro atoms. The van der Waals surface area contributed by atoms with E-state index in [0.29, 0.717) is 23.4 Å². The number of piperidine rings is 1. The third kappa shape index (κ3) is 2.81. The summed E-state index contributed by atoms with van der Waals surface area (Å²) in [6.07, 6.45) is 8.17. The van der Waals surface area contributed by atoms with E-state index in [9.17, 15) is 10.1 Å². The largest absolute Gasteiger partial charge is 0.374 e. The van der Waals surface area contributed by atoms with Gasteiger partial charge in [-0.2, -0.15) is 5.26 Å². The molecule has 1 aromatic heterocycles. The predicted molar refractivity (Wildman–Crippen MR) is 113 cm³/mol. The maximum atomic E-state index is 12.9. The van der Waals surface area contributed by atoms with Gasteiger partial charge in [-0.1, -0.05) is 24.3 Å². The number of aromatic nitrogens is 2. The van der Waals surface area contributed by atoms with E-state index in [-0.39, 0.29) is 17.3 Å². The zero-order valence-electron chi connectivity index (χ0n) is 16.8. The van der Waals surface area contributed by atoms with Crippen LogP contribution in [-0.4, -0.2) is 27.0 Å². The molecular formula is C24H26N4O. The fourth-order valence-corrected chi connectivity index (χ4v) is 5.29. The van der Waals surface area contributed by atoms with Crippen LogP contribution >= 0.6 is 0 Å². The molecule has 0 amide bonds. The van der Waals surface area contributed by atoms with Crippen LogP contribution in [0.25, 0.3) is 11.0 Å². The number of rotatable bonds is 4. The molecule has 2 bridgehead atoms. The molecule has 29 heavy (non-hydrogen) atoms. The molecule has 4 aliphatic rings. The summed E-state index contributed by atoms with van der Waals surface area (Å²) in [5.41, 5.74) is 4.18. The van der Waals surface area contributed by atoms with Gasteiger partial charge in [-0.3, -0.25) is 4.79 Å². The van der Waals surface area contributed by atoms with Crippen LogP contribution in [0.5, 0.6) is 0 Å². The summed E-state index contributed by atoms with van der Waals surface area (Å²) in [7, 11) is 0. The number of nitrogens with zero attached hydrogens (tertiary/aromatic N) is 4. The van der Waals surface area contributed by atoms with Gasteiger partial charge in [0.2, 0.25) is 5.69 Å². The van der Waals surface area contributed by atoms with Gasteiger partial charge in [0, 0.05) is 30.5 Å². The molecule has 5 heteroatoms. The van der Waals surface area contributed by atoms with E-state index in [0.717, 1.165) is 24.9 Å². The topological polar surface area (TPSA) is 61.9 Å². The van der Waals surface area contributed by atoms with Gasteiger partial charge >= 0.3 is 0 Å². The van der Waals surface area contributed by atoms with Crippen molar-refractivity contribution in [3.63, 3.8) is 0 Å². The Morgan fingerprint density at radius 1 is 1.34 bits per heavy atom. The van der Waals surface area contributed by atoms with Crippen molar-refractivity contribution in [3.05, 3.63) is 64.2 Å². The molecule has 2 unspecified atom stereocenters. The molecule has 6 rings (SSSR count). The van der Waals surface area contributed by atoms with Crippen LogP contribution in [0.4, 0.5) is 0 Å². The highest BCUT2D eigenvalue weighted by Crippen LogP contribution is 2.61. The van der Waals surface area contributed by atoms with Crippen molar-refractivity contribution in [2.24, 2.45) is 11.8 Å². The zero-order chi connectivity index (χ0) is 20.1. The van der Waals surface area contributed by atoms with Crippen LogP contribution < -0.4 is 5.56 Å². The van der Waals surface area contributed by atoms with Gasteiger partial charge in [0.05, 0.1) is 11.0 Å². The number of fused-ring (bicyclic) bond motifs is 1. The molecule has 2 heterocycles. The first-order valence-corrected chi connectivity index (χ1v) is 10.7. The second-order valence-electron chi connectivity index (χ2n) is 8.75. The minimum absolute atomic E-state index is 0.00242. The molecule has 4 atom stereocenters. The molecule has 1 saturated heterocycles. The number of hydrogen-bond acceptors (Lipinski definition) is 4. The Morgan fingerprint density at radius 3 is 2.86 bits per heavy atom. The lowest BCUT2D eigenvalue weighted by Gasteiger charge is -2.56. The summed E-state index contributed by atoms with van der Waals surface area (Å²) in [6, 6.07) is 10.0. The average molecular weight is 386 g/mol. The first-order valence-electron chi connectivity index (χ1n) is 10.7. The normalized spacial score (nSPS) is 26.5. The SMILES string of the molecule is C=C1C2CC1C2=CN1CCCC[C@H]1C[C@H](C)n1c(=O)c(C#N)nc2ccccc21. The molecule has 1 aliphatic heterocycles. The maximum Gasteiger partial charge on any atom is 0.288 e. The van der Waals surface area contributed by atoms with E-state index in [4.69, 9.17) is 0 Å². The van der Waals surface area contributed by atoms with Crippen LogP contribution in [0.1, 0.15) is 50.8 Å². The fourth-order valence-electron chi connectivity index (χ4n) is 5.29. The van der Waals surface area contributed by atoms with Gasteiger partial charge < -0.3 is 9.47 Å². The Kier molecular flexibility index (Phi) is 4.31. The van der Waals surface area contributed by atoms with Crippen LogP contribution in [0.2, 0.25) is 0 Å². The van der Waals surface area contributed by atoms with Crippen molar-refractivity contribution in [3.8, 4) is 6.07 Å². The lowest BCUT2D eigenvalue weighted by atomic mass is 9.49. The zero-order valence-corrected chi connectivity index (χ0v) is 16.8. The Bertz CT molecular complexity index is 1110. The van der Waals surface area contributed by atoms with E-state index in [1.165, 1.54) is 24.8 Å². The van der Waals surface area contributed by atoms with Gasteiger partial charge in [-0.15, -0.1) is 0 Å². The third-order valence-electron chi connectivity index (χ3n) is 7.11. The molecule has 3 aliphatic carbocycles. The van der Waals surface area contributed by atoms with E-state index in [2.05, 4.69) is 29.6 Å². The Labute approximate surface area is 171 Å². The Balaban J connectivity index is 1.44. The second-order valence-corrected chi connectivity index (χ2v) is 8.75. The first-order chi connectivity index (χ1) is 14.1. The summed E-state index contributed by atoms with van der Waals surface area (Å²) in [6.45, 7) is 7.35. The fraction of sp³-hybridized carbons (Fsp3) is 0.458. The lowest BCUT2D eigenvalue weighted by Crippen LogP contribution is -2.47. The van der Waals surface area contributed by atoms with Gasteiger partial charge in [0.15, 0.2) is 0 Å². The molecule has 0 N–H and O–H groups in total. The van der Waals surface area contributed by atoms with E-state index in [1.54, 1.807) is 10.1 Å². The number of para-hydroxylation sites is 2. The molecule has 0 radical (unpaired) electrons. The summed E-state index contributed by atoms with van der Waals surface area (Å²) in [5, 5.41) is 9.38. The Hall–Kier alpha value is -2.87. The van der Waals surface area contributed by atoms with Crippen LogP contribution in [-0.2, 0) is 0 Å². The summed E-state index contributed by atoms with van der Waals surface area (Å²) in [5.74, 6) is 1.26. The number of hydrogen-bond donors (Lipinski definition) is 0. The number of likely N-dealkylation sites (tertiary alicyclic amines) is 1. The standard InChI is InChI=1S/C24H26N4O/c1-15(28-23-9-4-3-8-21(23)26-22(13-25)24(28)29)11-17-7-5-6-10-27(17)14-20-18-12-19(20)16(18)2/h3-4,8-9,14-15,17-19H,2,5-7,10-12H2,1H3/t15-,17-,18?,19?/m0/s1. The summed E-state index contributed by atoms with van der Waals surface area (Å²) >= 11 is 0. The van der Waals surface area contributed by atoms with Gasteiger partial charge in [-0.25, -0.2) is 4.98 Å². The first kappa shape index (κ1) is 18.2.